The predicted molar refractivity (Wildman–Crippen MR) is 79.5 cm³/mol. The molecule has 1 aliphatic rings. The van der Waals surface area contributed by atoms with Crippen LogP contribution < -0.4 is 5.32 Å². The molecule has 4 heteroatoms. The molecule has 2 heterocycles. The van der Waals surface area contributed by atoms with Crippen LogP contribution in [0.4, 0.5) is 0 Å². The van der Waals surface area contributed by atoms with E-state index in [2.05, 4.69) is 35.7 Å². The van der Waals surface area contributed by atoms with E-state index in [1.54, 1.807) is 0 Å². The summed E-state index contributed by atoms with van der Waals surface area (Å²) in [5.41, 5.74) is 4.20. The molecule has 0 aromatic carbocycles. The maximum atomic E-state index is 4.42. The summed E-state index contributed by atoms with van der Waals surface area (Å²) in [5, 5.41) is 10.4. The van der Waals surface area contributed by atoms with E-state index in [9.17, 15) is 0 Å². The van der Waals surface area contributed by atoms with Gasteiger partial charge in [-0.1, -0.05) is 0 Å². The van der Waals surface area contributed by atoms with Crippen molar-refractivity contribution in [1.29, 1.82) is 0 Å². The highest BCUT2D eigenvalue weighted by atomic mass is 32.1. The molecular weight excluding hydrogens is 254 g/mol. The van der Waals surface area contributed by atoms with Gasteiger partial charge in [0.25, 0.3) is 0 Å². The number of thiophene rings is 1. The van der Waals surface area contributed by atoms with Gasteiger partial charge in [-0.25, -0.2) is 0 Å². The quantitative estimate of drug-likeness (QED) is 0.929. The first-order valence-corrected chi connectivity index (χ1v) is 7.85. The Morgan fingerprint density at radius 1 is 1.53 bits per heavy atom. The van der Waals surface area contributed by atoms with Gasteiger partial charge in [0.1, 0.15) is 0 Å². The average molecular weight is 275 g/mol. The standard InChI is InChI=1S/C15H21N3S/c1-10-7-8-19-15(10)11(2)17-13-5-4-6-14-12(13)9-16-18(14)3/h7-9,11,13,17H,4-6H2,1-3H3. The smallest absolute Gasteiger partial charge is 0.0540 e. The van der Waals surface area contributed by atoms with Gasteiger partial charge >= 0.3 is 0 Å². The highest BCUT2D eigenvalue weighted by molar-refractivity contribution is 7.10. The second-order valence-electron chi connectivity index (χ2n) is 5.47. The lowest BCUT2D eigenvalue weighted by molar-refractivity contribution is 0.413. The predicted octanol–water partition coefficient (Wildman–Crippen LogP) is 3.52. The molecule has 0 saturated carbocycles. The van der Waals surface area contributed by atoms with Gasteiger partial charge < -0.3 is 5.32 Å². The normalized spacial score (nSPS) is 20.3. The minimum Gasteiger partial charge on any atom is -0.302 e. The summed E-state index contributed by atoms with van der Waals surface area (Å²) in [6.07, 6.45) is 5.67. The van der Waals surface area contributed by atoms with Crippen molar-refractivity contribution in [2.24, 2.45) is 7.05 Å². The molecule has 0 aliphatic heterocycles. The molecule has 0 saturated heterocycles. The molecule has 2 aromatic heterocycles. The second-order valence-corrected chi connectivity index (χ2v) is 6.42. The molecule has 0 fully saturated rings. The molecule has 3 rings (SSSR count). The second kappa shape index (κ2) is 5.10. The van der Waals surface area contributed by atoms with Crippen LogP contribution in [-0.4, -0.2) is 9.78 Å². The first-order chi connectivity index (χ1) is 9.16. The summed E-state index contributed by atoms with van der Waals surface area (Å²) in [5.74, 6) is 0. The molecule has 2 unspecified atom stereocenters. The molecule has 102 valence electrons. The summed E-state index contributed by atoms with van der Waals surface area (Å²) in [7, 11) is 2.05. The zero-order valence-corrected chi connectivity index (χ0v) is 12.6. The van der Waals surface area contributed by atoms with E-state index in [4.69, 9.17) is 0 Å². The van der Waals surface area contributed by atoms with Crippen molar-refractivity contribution in [3.63, 3.8) is 0 Å². The van der Waals surface area contributed by atoms with Crippen LogP contribution in [0.1, 0.15) is 53.5 Å². The largest absolute Gasteiger partial charge is 0.302 e. The number of hydrogen-bond donors (Lipinski definition) is 1. The van der Waals surface area contributed by atoms with Crippen molar-refractivity contribution >= 4 is 11.3 Å². The number of nitrogens with one attached hydrogen (secondary N) is 1. The lowest BCUT2D eigenvalue weighted by Gasteiger charge is -2.27. The Morgan fingerprint density at radius 2 is 2.37 bits per heavy atom. The highest BCUT2D eigenvalue weighted by Gasteiger charge is 2.25. The van der Waals surface area contributed by atoms with Gasteiger partial charge in [-0.15, -0.1) is 11.3 Å². The van der Waals surface area contributed by atoms with Crippen LogP contribution in [0.5, 0.6) is 0 Å². The van der Waals surface area contributed by atoms with E-state index < -0.39 is 0 Å². The topological polar surface area (TPSA) is 29.9 Å². The Labute approximate surface area is 118 Å². The molecule has 0 radical (unpaired) electrons. The van der Waals surface area contributed by atoms with E-state index in [1.165, 1.54) is 34.5 Å². The van der Waals surface area contributed by atoms with Crippen molar-refractivity contribution in [2.75, 3.05) is 0 Å². The minimum absolute atomic E-state index is 0.413. The van der Waals surface area contributed by atoms with Crippen LogP contribution in [-0.2, 0) is 13.5 Å². The van der Waals surface area contributed by atoms with Gasteiger partial charge in [-0.2, -0.15) is 5.10 Å². The molecule has 2 atom stereocenters. The molecule has 3 nitrogen and oxygen atoms in total. The number of aryl methyl sites for hydroxylation is 2. The third kappa shape index (κ3) is 2.35. The van der Waals surface area contributed by atoms with Crippen LogP contribution >= 0.6 is 11.3 Å². The average Bonchev–Trinajstić information content (AvgIpc) is 2.97. The van der Waals surface area contributed by atoms with Crippen LogP contribution in [0, 0.1) is 6.92 Å². The van der Waals surface area contributed by atoms with Crippen LogP contribution in [0.2, 0.25) is 0 Å². The fourth-order valence-corrected chi connectivity index (χ4v) is 4.03. The van der Waals surface area contributed by atoms with Crippen molar-refractivity contribution in [3.05, 3.63) is 39.3 Å². The van der Waals surface area contributed by atoms with Crippen LogP contribution in [0.15, 0.2) is 17.6 Å². The van der Waals surface area contributed by atoms with Crippen molar-refractivity contribution in [2.45, 2.75) is 45.2 Å². The number of aromatic nitrogens is 2. The van der Waals surface area contributed by atoms with Gasteiger partial charge in [0.2, 0.25) is 0 Å². The lowest BCUT2D eigenvalue weighted by Crippen LogP contribution is -2.27. The van der Waals surface area contributed by atoms with Crippen molar-refractivity contribution in [1.82, 2.24) is 15.1 Å². The third-order valence-corrected chi connectivity index (χ3v) is 5.32. The van der Waals surface area contributed by atoms with Crippen molar-refractivity contribution < 1.29 is 0 Å². The highest BCUT2D eigenvalue weighted by Crippen LogP contribution is 2.32. The minimum atomic E-state index is 0.413. The van der Waals surface area contributed by atoms with E-state index >= 15 is 0 Å². The number of fused-ring (bicyclic) bond motifs is 1. The Kier molecular flexibility index (Phi) is 3.46. The Hall–Kier alpha value is -1.13. The summed E-state index contributed by atoms with van der Waals surface area (Å²) < 4.78 is 2.03. The number of hydrogen-bond acceptors (Lipinski definition) is 3. The van der Waals surface area contributed by atoms with Crippen LogP contribution in [0.3, 0.4) is 0 Å². The third-order valence-electron chi connectivity index (χ3n) is 4.12. The van der Waals surface area contributed by atoms with Gasteiger partial charge in [0.15, 0.2) is 0 Å². The first kappa shape index (κ1) is 12.9. The summed E-state index contributed by atoms with van der Waals surface area (Å²) >= 11 is 1.85. The first-order valence-electron chi connectivity index (χ1n) is 6.97. The van der Waals surface area contributed by atoms with Gasteiger partial charge in [-0.3, -0.25) is 4.68 Å². The van der Waals surface area contributed by atoms with Crippen LogP contribution in [0.25, 0.3) is 0 Å². The summed E-state index contributed by atoms with van der Waals surface area (Å²) in [4.78, 5) is 1.45. The monoisotopic (exact) mass is 275 g/mol. The van der Waals surface area contributed by atoms with E-state index in [1.807, 2.05) is 29.3 Å². The Bertz CT molecular complexity index is 570. The van der Waals surface area contributed by atoms with E-state index in [0.717, 1.165) is 6.42 Å². The fourth-order valence-electron chi connectivity index (χ4n) is 3.08. The number of rotatable bonds is 3. The molecule has 1 N–H and O–H groups in total. The van der Waals surface area contributed by atoms with Gasteiger partial charge in [-0.05, 0) is 50.1 Å². The van der Waals surface area contributed by atoms with Crippen molar-refractivity contribution in [3.8, 4) is 0 Å². The SMILES string of the molecule is Cc1ccsc1C(C)NC1CCCc2c1cnn2C. The molecule has 0 amide bonds. The molecular formula is C15H21N3S. The maximum Gasteiger partial charge on any atom is 0.0540 e. The molecule has 2 aromatic rings. The zero-order chi connectivity index (χ0) is 13.4. The van der Waals surface area contributed by atoms with E-state index in [0.29, 0.717) is 12.1 Å². The van der Waals surface area contributed by atoms with Gasteiger partial charge in [0.05, 0.1) is 6.20 Å². The fraction of sp³-hybridized carbons (Fsp3) is 0.533. The summed E-state index contributed by atoms with van der Waals surface area (Å²) in [6.45, 7) is 4.46. The summed E-state index contributed by atoms with van der Waals surface area (Å²) in [6, 6.07) is 3.07. The molecule has 1 aliphatic carbocycles. The maximum absolute atomic E-state index is 4.42. The van der Waals surface area contributed by atoms with E-state index in [-0.39, 0.29) is 0 Å². The molecule has 19 heavy (non-hydrogen) atoms. The lowest BCUT2D eigenvalue weighted by atomic mass is 9.92. The Balaban J connectivity index is 1.80. The van der Waals surface area contributed by atoms with Gasteiger partial charge in [0, 0.05) is 35.3 Å². The number of nitrogens with zero attached hydrogens (tertiary/aromatic N) is 2. The zero-order valence-electron chi connectivity index (χ0n) is 11.8. The molecule has 0 spiro atoms. The molecule has 0 bridgehead atoms. The Morgan fingerprint density at radius 3 is 3.11 bits per heavy atom.